The number of cyclic esters (lactones) is 1. The number of esters is 1. The van der Waals surface area contributed by atoms with Gasteiger partial charge in [0, 0.05) is 5.92 Å². The van der Waals surface area contributed by atoms with Crippen LogP contribution in [0.3, 0.4) is 0 Å². The van der Waals surface area contributed by atoms with Crippen molar-refractivity contribution < 1.29 is 14.6 Å². The number of aliphatic hydroxyl groups is 1. The minimum absolute atomic E-state index is 0.0812. The fourth-order valence-corrected chi connectivity index (χ4v) is 1.38. The third-order valence-electron chi connectivity index (χ3n) is 2.25. The number of hydrogen-bond acceptors (Lipinski definition) is 3. The van der Waals surface area contributed by atoms with Gasteiger partial charge in [0.05, 0.1) is 12.5 Å². The average Bonchev–Trinajstić information content (AvgIpc) is 1.96. The van der Waals surface area contributed by atoms with E-state index in [0.717, 1.165) is 6.42 Å². The Morgan fingerprint density at radius 2 is 2.36 bits per heavy atom. The summed E-state index contributed by atoms with van der Waals surface area (Å²) in [6.07, 6.45) is 0.328. The lowest BCUT2D eigenvalue weighted by Gasteiger charge is -2.31. The quantitative estimate of drug-likeness (QED) is 0.572. The lowest BCUT2D eigenvalue weighted by Crippen LogP contribution is -2.40. The maximum Gasteiger partial charge on any atom is 0.308 e. The molecule has 0 saturated carbocycles. The minimum Gasteiger partial charge on any atom is -0.462 e. The zero-order chi connectivity index (χ0) is 8.43. The van der Waals surface area contributed by atoms with Gasteiger partial charge in [-0.1, -0.05) is 13.8 Å². The molecule has 0 radical (unpaired) electrons. The van der Waals surface area contributed by atoms with Gasteiger partial charge in [0.2, 0.25) is 0 Å². The molecule has 11 heavy (non-hydrogen) atoms. The Kier molecular flexibility index (Phi) is 2.49. The first kappa shape index (κ1) is 8.53. The van der Waals surface area contributed by atoms with E-state index in [9.17, 15) is 9.90 Å². The molecule has 0 amide bonds. The van der Waals surface area contributed by atoms with Crippen LogP contribution in [0.25, 0.3) is 0 Å². The molecule has 0 unspecified atom stereocenters. The summed E-state index contributed by atoms with van der Waals surface area (Å²) in [5, 5.41) is 9.35. The van der Waals surface area contributed by atoms with Crippen LogP contribution in [0.4, 0.5) is 0 Å². The van der Waals surface area contributed by atoms with Crippen molar-refractivity contribution in [3.8, 4) is 0 Å². The molecule has 3 atom stereocenters. The number of carbonyl (C=O) groups is 1. The normalized spacial score (nSPS) is 38.5. The standard InChI is InChI=1S/C8H14O3/c1-3-7-5(2)6(9)4-8(10)11-7/h5-7,9H,3-4H2,1-2H3/t5-,6+,7-/m1/s1. The first-order valence-electron chi connectivity index (χ1n) is 4.02. The van der Waals surface area contributed by atoms with Gasteiger partial charge < -0.3 is 9.84 Å². The predicted octanol–water partition coefficient (Wildman–Crippen LogP) is 0.709. The van der Waals surface area contributed by atoms with Crippen LogP contribution in [0.5, 0.6) is 0 Å². The van der Waals surface area contributed by atoms with E-state index in [1.165, 1.54) is 0 Å². The van der Waals surface area contributed by atoms with E-state index in [-0.39, 0.29) is 24.4 Å². The van der Waals surface area contributed by atoms with Crippen molar-refractivity contribution in [1.82, 2.24) is 0 Å². The molecule has 0 aromatic carbocycles. The van der Waals surface area contributed by atoms with Crippen molar-refractivity contribution in [3.63, 3.8) is 0 Å². The number of aliphatic hydroxyl groups excluding tert-OH is 1. The maximum atomic E-state index is 10.8. The molecule has 0 aromatic rings. The van der Waals surface area contributed by atoms with Crippen LogP contribution in [0, 0.1) is 5.92 Å². The second-order valence-corrected chi connectivity index (χ2v) is 3.07. The van der Waals surface area contributed by atoms with Gasteiger partial charge in [-0.3, -0.25) is 4.79 Å². The van der Waals surface area contributed by atoms with Gasteiger partial charge in [0.1, 0.15) is 6.10 Å². The highest BCUT2D eigenvalue weighted by molar-refractivity contribution is 5.71. The van der Waals surface area contributed by atoms with Crippen molar-refractivity contribution in [2.24, 2.45) is 5.92 Å². The Balaban J connectivity index is 2.58. The third kappa shape index (κ3) is 1.71. The first-order chi connectivity index (χ1) is 5.15. The molecule has 1 aliphatic heterocycles. The van der Waals surface area contributed by atoms with Crippen molar-refractivity contribution in [2.45, 2.75) is 38.9 Å². The molecular weight excluding hydrogens is 144 g/mol. The van der Waals surface area contributed by atoms with Crippen LogP contribution in [-0.4, -0.2) is 23.3 Å². The molecule has 1 heterocycles. The van der Waals surface area contributed by atoms with Crippen LogP contribution >= 0.6 is 0 Å². The highest BCUT2D eigenvalue weighted by Gasteiger charge is 2.33. The maximum absolute atomic E-state index is 10.8. The number of hydrogen-bond donors (Lipinski definition) is 1. The van der Waals surface area contributed by atoms with Crippen LogP contribution in [-0.2, 0) is 9.53 Å². The zero-order valence-corrected chi connectivity index (χ0v) is 6.91. The van der Waals surface area contributed by atoms with Crippen molar-refractivity contribution in [3.05, 3.63) is 0 Å². The van der Waals surface area contributed by atoms with Gasteiger partial charge in [-0.25, -0.2) is 0 Å². The van der Waals surface area contributed by atoms with E-state index in [1.54, 1.807) is 0 Å². The van der Waals surface area contributed by atoms with Gasteiger partial charge in [-0.2, -0.15) is 0 Å². The number of carbonyl (C=O) groups excluding carboxylic acids is 1. The fourth-order valence-electron chi connectivity index (χ4n) is 1.38. The highest BCUT2D eigenvalue weighted by atomic mass is 16.5. The summed E-state index contributed by atoms with van der Waals surface area (Å²) < 4.78 is 5.02. The van der Waals surface area contributed by atoms with E-state index in [0.29, 0.717) is 0 Å². The molecule has 1 N–H and O–H groups in total. The van der Waals surface area contributed by atoms with Gasteiger partial charge in [-0.05, 0) is 6.42 Å². The summed E-state index contributed by atoms with van der Waals surface area (Å²) in [6, 6.07) is 0. The van der Waals surface area contributed by atoms with Crippen LogP contribution in [0.15, 0.2) is 0 Å². The summed E-state index contributed by atoms with van der Waals surface area (Å²) >= 11 is 0. The topological polar surface area (TPSA) is 46.5 Å². The Morgan fingerprint density at radius 1 is 1.73 bits per heavy atom. The van der Waals surface area contributed by atoms with Gasteiger partial charge in [-0.15, -0.1) is 0 Å². The molecule has 1 aliphatic rings. The largest absolute Gasteiger partial charge is 0.462 e. The molecule has 0 bridgehead atoms. The van der Waals surface area contributed by atoms with Crippen LogP contribution in [0.1, 0.15) is 26.7 Å². The molecule has 1 fully saturated rings. The molecular formula is C8H14O3. The molecule has 3 heteroatoms. The first-order valence-corrected chi connectivity index (χ1v) is 4.02. The second-order valence-electron chi connectivity index (χ2n) is 3.07. The highest BCUT2D eigenvalue weighted by Crippen LogP contribution is 2.23. The summed E-state index contributed by atoms with van der Waals surface area (Å²) in [5.74, 6) is -0.194. The molecule has 0 spiro atoms. The van der Waals surface area contributed by atoms with Crippen LogP contribution in [0.2, 0.25) is 0 Å². The number of ether oxygens (including phenoxy) is 1. The summed E-state index contributed by atoms with van der Waals surface area (Å²) in [7, 11) is 0. The predicted molar refractivity (Wildman–Crippen MR) is 40.0 cm³/mol. The molecule has 1 saturated heterocycles. The molecule has 3 nitrogen and oxygen atoms in total. The Labute approximate surface area is 66.4 Å². The lowest BCUT2D eigenvalue weighted by atomic mass is 9.92. The van der Waals surface area contributed by atoms with E-state index < -0.39 is 6.10 Å². The second kappa shape index (κ2) is 3.22. The van der Waals surface area contributed by atoms with Gasteiger partial charge in [0.15, 0.2) is 0 Å². The minimum atomic E-state index is -0.513. The van der Waals surface area contributed by atoms with E-state index in [1.807, 2.05) is 13.8 Å². The molecule has 1 rings (SSSR count). The average molecular weight is 158 g/mol. The Hall–Kier alpha value is -0.570. The Bertz CT molecular complexity index is 155. The van der Waals surface area contributed by atoms with E-state index in [4.69, 9.17) is 4.74 Å². The summed E-state index contributed by atoms with van der Waals surface area (Å²) in [6.45, 7) is 3.86. The van der Waals surface area contributed by atoms with Crippen molar-refractivity contribution >= 4 is 5.97 Å². The van der Waals surface area contributed by atoms with E-state index >= 15 is 0 Å². The summed E-state index contributed by atoms with van der Waals surface area (Å²) in [5.41, 5.74) is 0. The van der Waals surface area contributed by atoms with Crippen LogP contribution < -0.4 is 0 Å². The number of rotatable bonds is 1. The fraction of sp³-hybridized carbons (Fsp3) is 0.875. The molecule has 64 valence electrons. The Morgan fingerprint density at radius 3 is 2.91 bits per heavy atom. The van der Waals surface area contributed by atoms with Crippen molar-refractivity contribution in [1.29, 1.82) is 0 Å². The zero-order valence-electron chi connectivity index (χ0n) is 6.91. The van der Waals surface area contributed by atoms with Gasteiger partial charge in [0.25, 0.3) is 0 Å². The lowest BCUT2D eigenvalue weighted by molar-refractivity contribution is -0.167. The molecule has 0 aliphatic carbocycles. The molecule has 0 aromatic heterocycles. The van der Waals surface area contributed by atoms with E-state index in [2.05, 4.69) is 0 Å². The van der Waals surface area contributed by atoms with Crippen molar-refractivity contribution in [2.75, 3.05) is 0 Å². The van der Waals surface area contributed by atoms with Gasteiger partial charge >= 0.3 is 5.97 Å². The monoisotopic (exact) mass is 158 g/mol. The smallest absolute Gasteiger partial charge is 0.308 e. The summed E-state index contributed by atoms with van der Waals surface area (Å²) in [4.78, 5) is 10.8. The SMILES string of the molecule is CC[C@H]1OC(=O)C[C@H](O)[C@H]1C. The third-order valence-corrected chi connectivity index (χ3v) is 2.25.